The summed E-state index contributed by atoms with van der Waals surface area (Å²) >= 11 is 0. The maximum absolute atomic E-state index is 13.0. The third-order valence-electron chi connectivity index (χ3n) is 3.24. The number of alkyl halides is 3. The summed E-state index contributed by atoms with van der Waals surface area (Å²) in [5, 5.41) is 2.42. The van der Waals surface area contributed by atoms with Crippen LogP contribution in [0.2, 0.25) is 0 Å². The lowest BCUT2D eigenvalue weighted by atomic mass is 9.92. The van der Waals surface area contributed by atoms with E-state index in [4.69, 9.17) is 0 Å². The van der Waals surface area contributed by atoms with Crippen molar-refractivity contribution in [1.82, 2.24) is 0 Å². The molecular formula is C13H15F3N2O. The minimum absolute atomic E-state index is 0.159. The first-order chi connectivity index (χ1) is 8.63. The Morgan fingerprint density at radius 3 is 2.53 bits per heavy atom. The van der Waals surface area contributed by atoms with E-state index in [-0.39, 0.29) is 5.69 Å². The van der Waals surface area contributed by atoms with Gasteiger partial charge in [0.15, 0.2) is 0 Å². The van der Waals surface area contributed by atoms with Crippen LogP contribution in [0.5, 0.6) is 0 Å². The fourth-order valence-electron chi connectivity index (χ4n) is 2.26. The Bertz CT molecular complexity index is 523. The molecule has 1 aliphatic heterocycles. The number of nitrogens with zero attached hydrogens (tertiary/aromatic N) is 1. The molecule has 0 radical (unpaired) electrons. The van der Waals surface area contributed by atoms with Crippen molar-refractivity contribution in [2.75, 3.05) is 23.8 Å². The van der Waals surface area contributed by atoms with E-state index in [1.54, 1.807) is 31.9 Å². The topological polar surface area (TPSA) is 32.3 Å². The number of para-hydroxylation sites is 1. The average molecular weight is 272 g/mol. The summed E-state index contributed by atoms with van der Waals surface area (Å²) in [5.41, 5.74) is -1.35. The number of benzene rings is 1. The monoisotopic (exact) mass is 272 g/mol. The Kier molecular flexibility index (Phi) is 2.99. The molecule has 0 spiro atoms. The zero-order valence-corrected chi connectivity index (χ0v) is 10.9. The molecule has 1 N–H and O–H groups in total. The van der Waals surface area contributed by atoms with Crippen molar-refractivity contribution in [3.63, 3.8) is 0 Å². The molecule has 0 fully saturated rings. The van der Waals surface area contributed by atoms with Gasteiger partial charge in [0.1, 0.15) is 0 Å². The second kappa shape index (κ2) is 4.15. The summed E-state index contributed by atoms with van der Waals surface area (Å²) < 4.78 is 39.0. The summed E-state index contributed by atoms with van der Waals surface area (Å²) in [7, 11) is 1.68. The predicted molar refractivity (Wildman–Crippen MR) is 67.1 cm³/mol. The van der Waals surface area contributed by atoms with E-state index in [1.165, 1.54) is 6.07 Å². The number of carbonyl (C=O) groups excluding carboxylic acids is 1. The zero-order valence-electron chi connectivity index (χ0n) is 10.9. The standard InChI is InChI=1S/C13H15F3N2O/c1-12(2)7-18(3)9-6-4-5-8(13(14,15)16)10(9)17-11(12)19/h4-6H,7H2,1-3H3,(H,17,19). The van der Waals surface area contributed by atoms with Crippen molar-refractivity contribution < 1.29 is 18.0 Å². The van der Waals surface area contributed by atoms with Crippen LogP contribution in [0.1, 0.15) is 19.4 Å². The zero-order chi connectivity index (χ0) is 14.4. The van der Waals surface area contributed by atoms with Crippen LogP contribution in [-0.2, 0) is 11.0 Å². The Hall–Kier alpha value is -1.72. The van der Waals surface area contributed by atoms with E-state index < -0.39 is 23.1 Å². The lowest BCUT2D eigenvalue weighted by Crippen LogP contribution is -2.37. The molecule has 1 aromatic carbocycles. The highest BCUT2D eigenvalue weighted by Crippen LogP contribution is 2.42. The lowest BCUT2D eigenvalue weighted by Gasteiger charge is -2.26. The molecule has 1 aromatic rings. The van der Waals surface area contributed by atoms with E-state index in [0.717, 1.165) is 6.07 Å². The number of halogens is 3. The third kappa shape index (κ3) is 2.39. The quantitative estimate of drug-likeness (QED) is 0.787. The summed E-state index contributed by atoms with van der Waals surface area (Å²) in [4.78, 5) is 13.7. The number of carbonyl (C=O) groups is 1. The van der Waals surface area contributed by atoms with Crippen molar-refractivity contribution in [3.8, 4) is 0 Å². The molecule has 1 heterocycles. The molecule has 2 rings (SSSR count). The van der Waals surface area contributed by atoms with Gasteiger partial charge in [-0.3, -0.25) is 4.79 Å². The van der Waals surface area contributed by atoms with Crippen LogP contribution in [0.3, 0.4) is 0 Å². The maximum atomic E-state index is 13.0. The molecule has 0 saturated heterocycles. The smallest absolute Gasteiger partial charge is 0.372 e. The third-order valence-corrected chi connectivity index (χ3v) is 3.24. The van der Waals surface area contributed by atoms with Gasteiger partial charge in [0, 0.05) is 13.6 Å². The SMILES string of the molecule is CN1CC(C)(C)C(=O)Nc2c1cccc2C(F)(F)F. The summed E-state index contributed by atoms with van der Waals surface area (Å²) in [6, 6.07) is 3.90. The Morgan fingerprint density at radius 1 is 1.32 bits per heavy atom. The number of hydrogen-bond acceptors (Lipinski definition) is 2. The Balaban J connectivity index is 2.61. The number of hydrogen-bond donors (Lipinski definition) is 1. The molecule has 3 nitrogen and oxygen atoms in total. The van der Waals surface area contributed by atoms with Gasteiger partial charge in [0.05, 0.1) is 22.4 Å². The fraction of sp³-hybridized carbons (Fsp3) is 0.462. The minimum atomic E-state index is -4.49. The summed E-state index contributed by atoms with van der Waals surface area (Å²) in [5.74, 6) is -0.408. The largest absolute Gasteiger partial charge is 0.418 e. The normalized spacial score (nSPS) is 18.6. The first-order valence-corrected chi connectivity index (χ1v) is 5.86. The van der Waals surface area contributed by atoms with E-state index in [9.17, 15) is 18.0 Å². The molecule has 0 unspecified atom stereocenters. The van der Waals surface area contributed by atoms with Crippen molar-refractivity contribution in [2.45, 2.75) is 20.0 Å². The van der Waals surface area contributed by atoms with Crippen molar-refractivity contribution >= 4 is 17.3 Å². The Labute approximate surface area is 109 Å². The van der Waals surface area contributed by atoms with Crippen LogP contribution < -0.4 is 10.2 Å². The summed E-state index contributed by atoms with van der Waals surface area (Å²) in [6.07, 6.45) is -4.49. The molecule has 0 atom stereocenters. The highest BCUT2D eigenvalue weighted by molar-refractivity contribution is 6.00. The highest BCUT2D eigenvalue weighted by atomic mass is 19.4. The molecule has 19 heavy (non-hydrogen) atoms. The molecule has 6 heteroatoms. The molecule has 1 aliphatic rings. The van der Waals surface area contributed by atoms with E-state index >= 15 is 0 Å². The molecule has 0 aliphatic carbocycles. The van der Waals surface area contributed by atoms with Crippen molar-refractivity contribution in [2.24, 2.45) is 5.41 Å². The number of rotatable bonds is 0. The molecule has 1 amide bonds. The highest BCUT2D eigenvalue weighted by Gasteiger charge is 2.39. The fourth-order valence-corrected chi connectivity index (χ4v) is 2.26. The van der Waals surface area contributed by atoms with Gasteiger partial charge < -0.3 is 10.2 Å². The van der Waals surface area contributed by atoms with Crippen LogP contribution in [0.25, 0.3) is 0 Å². The van der Waals surface area contributed by atoms with E-state index in [0.29, 0.717) is 12.2 Å². The number of nitrogens with one attached hydrogen (secondary N) is 1. The van der Waals surface area contributed by atoms with Gasteiger partial charge in [-0.25, -0.2) is 0 Å². The summed E-state index contributed by atoms with van der Waals surface area (Å²) in [6.45, 7) is 3.77. The van der Waals surface area contributed by atoms with E-state index in [1.807, 2.05) is 0 Å². The van der Waals surface area contributed by atoms with Gasteiger partial charge in [-0.2, -0.15) is 13.2 Å². The van der Waals surface area contributed by atoms with Crippen LogP contribution in [0, 0.1) is 5.41 Å². The average Bonchev–Trinajstić information content (AvgIpc) is 2.34. The molecule has 0 bridgehead atoms. The molecule has 0 saturated carbocycles. The van der Waals surface area contributed by atoms with Crippen molar-refractivity contribution in [3.05, 3.63) is 23.8 Å². The van der Waals surface area contributed by atoms with Crippen LogP contribution in [0.15, 0.2) is 18.2 Å². The van der Waals surface area contributed by atoms with Crippen LogP contribution in [0.4, 0.5) is 24.5 Å². The van der Waals surface area contributed by atoms with Crippen molar-refractivity contribution in [1.29, 1.82) is 0 Å². The number of amides is 1. The second-order valence-corrected chi connectivity index (χ2v) is 5.39. The molecule has 0 aromatic heterocycles. The van der Waals surface area contributed by atoms with Crippen LogP contribution in [-0.4, -0.2) is 19.5 Å². The number of anilines is 2. The molecule has 104 valence electrons. The predicted octanol–water partition coefficient (Wildman–Crippen LogP) is 3.12. The first-order valence-electron chi connectivity index (χ1n) is 5.86. The van der Waals surface area contributed by atoms with Crippen LogP contribution >= 0.6 is 0 Å². The number of fused-ring (bicyclic) bond motifs is 1. The van der Waals surface area contributed by atoms with Gasteiger partial charge in [-0.05, 0) is 26.0 Å². The van der Waals surface area contributed by atoms with Gasteiger partial charge in [-0.1, -0.05) is 6.07 Å². The van der Waals surface area contributed by atoms with Gasteiger partial charge in [0.25, 0.3) is 0 Å². The van der Waals surface area contributed by atoms with Gasteiger partial charge >= 0.3 is 6.18 Å². The Morgan fingerprint density at radius 2 is 1.95 bits per heavy atom. The minimum Gasteiger partial charge on any atom is -0.372 e. The first kappa shape index (κ1) is 13.7. The van der Waals surface area contributed by atoms with Gasteiger partial charge in [-0.15, -0.1) is 0 Å². The molecular weight excluding hydrogens is 257 g/mol. The lowest BCUT2D eigenvalue weighted by molar-refractivity contribution is -0.137. The maximum Gasteiger partial charge on any atom is 0.418 e. The van der Waals surface area contributed by atoms with E-state index in [2.05, 4.69) is 5.32 Å². The second-order valence-electron chi connectivity index (χ2n) is 5.39. The van der Waals surface area contributed by atoms with Gasteiger partial charge in [0.2, 0.25) is 5.91 Å².